The number of fused-ring (bicyclic) bond motifs is 1. The molecule has 0 spiro atoms. The molecule has 3 N–H and O–H groups in total. The number of primary amides is 1. The van der Waals surface area contributed by atoms with E-state index in [9.17, 15) is 9.59 Å². The van der Waals surface area contributed by atoms with Crippen molar-refractivity contribution in [2.24, 2.45) is 5.73 Å². The molecule has 1 aliphatic heterocycles. The quantitative estimate of drug-likeness (QED) is 0.579. The van der Waals surface area contributed by atoms with Crippen LogP contribution in [0, 0.1) is 0 Å². The lowest BCUT2D eigenvalue weighted by atomic mass is 10.00. The molecule has 8 heteroatoms. The van der Waals surface area contributed by atoms with Crippen molar-refractivity contribution in [1.82, 2.24) is 4.98 Å². The molecule has 0 saturated carbocycles. The first-order valence-electron chi connectivity index (χ1n) is 9.69. The monoisotopic (exact) mass is 431 g/mol. The van der Waals surface area contributed by atoms with Crippen molar-refractivity contribution >= 4 is 29.3 Å². The molecule has 8 nitrogen and oxygen atoms in total. The first-order chi connectivity index (χ1) is 15.4. The highest BCUT2D eigenvalue weighted by atomic mass is 16.5. The van der Waals surface area contributed by atoms with Gasteiger partial charge in [0, 0.05) is 22.9 Å². The Morgan fingerprint density at radius 3 is 2.19 bits per heavy atom. The Bertz CT molecular complexity index is 1220. The highest BCUT2D eigenvalue weighted by molar-refractivity contribution is 6.34. The van der Waals surface area contributed by atoms with Crippen molar-refractivity contribution in [2.45, 2.75) is 0 Å². The van der Waals surface area contributed by atoms with Crippen LogP contribution in [0.15, 0.2) is 48.7 Å². The zero-order chi connectivity index (χ0) is 22.8. The third kappa shape index (κ3) is 3.74. The number of aromatic nitrogens is 1. The molecule has 2 heterocycles. The second kappa shape index (κ2) is 8.43. The van der Waals surface area contributed by atoms with Crippen molar-refractivity contribution in [3.8, 4) is 28.4 Å². The third-order valence-corrected chi connectivity index (χ3v) is 5.16. The van der Waals surface area contributed by atoms with Crippen LogP contribution < -0.4 is 25.3 Å². The number of methoxy groups -OCH3 is 3. The third-order valence-electron chi connectivity index (χ3n) is 5.16. The van der Waals surface area contributed by atoms with Crippen LogP contribution in [-0.4, -0.2) is 38.1 Å². The average molecular weight is 431 g/mol. The largest absolute Gasteiger partial charge is 0.493 e. The predicted octanol–water partition coefficient (Wildman–Crippen LogP) is 3.37. The number of pyridine rings is 1. The summed E-state index contributed by atoms with van der Waals surface area (Å²) in [5, 5.41) is 2.78. The number of benzene rings is 2. The molecule has 32 heavy (non-hydrogen) atoms. The normalized spacial score (nSPS) is 13.5. The van der Waals surface area contributed by atoms with Crippen LogP contribution in [0.4, 0.5) is 5.82 Å². The number of amides is 2. The summed E-state index contributed by atoms with van der Waals surface area (Å²) >= 11 is 0. The molecule has 4 rings (SSSR count). The van der Waals surface area contributed by atoms with Gasteiger partial charge in [0.2, 0.25) is 11.7 Å². The maximum Gasteiger partial charge on any atom is 0.257 e. The van der Waals surface area contributed by atoms with E-state index in [2.05, 4.69) is 10.3 Å². The molecule has 1 aromatic heterocycles. The summed E-state index contributed by atoms with van der Waals surface area (Å²) in [4.78, 5) is 28.3. The lowest BCUT2D eigenvalue weighted by molar-refractivity contribution is -0.110. The minimum Gasteiger partial charge on any atom is -0.493 e. The summed E-state index contributed by atoms with van der Waals surface area (Å²) in [6.45, 7) is 0. The van der Waals surface area contributed by atoms with Gasteiger partial charge in [0.25, 0.3) is 5.91 Å². The molecule has 0 radical (unpaired) electrons. The number of rotatable bonds is 6. The maximum atomic E-state index is 12.6. The minimum absolute atomic E-state index is 0.256. The molecule has 1 aliphatic rings. The molecule has 3 aromatic rings. The zero-order valence-electron chi connectivity index (χ0n) is 17.8. The van der Waals surface area contributed by atoms with Gasteiger partial charge in [-0.1, -0.05) is 12.1 Å². The molecule has 2 aromatic carbocycles. The molecule has 0 bridgehead atoms. The van der Waals surface area contributed by atoms with Crippen LogP contribution in [0.2, 0.25) is 0 Å². The van der Waals surface area contributed by atoms with E-state index in [0.717, 1.165) is 16.7 Å². The molecule has 162 valence electrons. The second-order valence-electron chi connectivity index (χ2n) is 7.03. The van der Waals surface area contributed by atoms with E-state index < -0.39 is 5.91 Å². The fourth-order valence-corrected chi connectivity index (χ4v) is 3.53. The topological polar surface area (TPSA) is 113 Å². The summed E-state index contributed by atoms with van der Waals surface area (Å²) in [6.07, 6.45) is 3.41. The van der Waals surface area contributed by atoms with Crippen LogP contribution in [0.3, 0.4) is 0 Å². The van der Waals surface area contributed by atoms with Crippen LogP contribution in [0.5, 0.6) is 17.2 Å². The maximum absolute atomic E-state index is 12.6. The van der Waals surface area contributed by atoms with Gasteiger partial charge >= 0.3 is 0 Å². The van der Waals surface area contributed by atoms with E-state index in [1.807, 2.05) is 18.2 Å². The van der Waals surface area contributed by atoms with Gasteiger partial charge in [-0.15, -0.1) is 0 Å². The lowest BCUT2D eigenvalue weighted by Gasteiger charge is -2.14. The summed E-state index contributed by atoms with van der Waals surface area (Å²) in [7, 11) is 4.64. The van der Waals surface area contributed by atoms with E-state index in [1.165, 1.54) is 0 Å². The number of carbonyl (C=O) groups excluding carboxylic acids is 2. The smallest absolute Gasteiger partial charge is 0.257 e. The van der Waals surface area contributed by atoms with Crippen LogP contribution in [0.1, 0.15) is 21.5 Å². The second-order valence-corrected chi connectivity index (χ2v) is 7.03. The molecular weight excluding hydrogens is 410 g/mol. The number of nitrogens with two attached hydrogens (primary N) is 1. The highest BCUT2D eigenvalue weighted by Gasteiger charge is 2.26. The standard InChI is InChI=1S/C24H21N3O5/c1-30-19-10-15(11-20(31-2)21(19)32-3)16-9-17-18(24(29)27-23(17)26-12-16)8-13-4-6-14(7-5-13)22(25)28/h4-12H,1-3H3,(H2,25,28)(H,26,27,29)/b18-8-. The highest BCUT2D eigenvalue weighted by Crippen LogP contribution is 2.42. The number of nitrogens with zero attached hydrogens (tertiary/aromatic N) is 1. The van der Waals surface area contributed by atoms with Crippen molar-refractivity contribution in [1.29, 1.82) is 0 Å². The summed E-state index contributed by atoms with van der Waals surface area (Å²) in [5.74, 6) is 1.24. The minimum atomic E-state index is -0.507. The van der Waals surface area contributed by atoms with Gasteiger partial charge in [-0.3, -0.25) is 9.59 Å². The van der Waals surface area contributed by atoms with Crippen LogP contribution >= 0.6 is 0 Å². The predicted molar refractivity (Wildman–Crippen MR) is 121 cm³/mol. The molecular formula is C24H21N3O5. The van der Waals surface area contributed by atoms with Gasteiger partial charge in [0.15, 0.2) is 11.5 Å². The Morgan fingerprint density at radius 2 is 1.62 bits per heavy atom. The summed E-state index contributed by atoms with van der Waals surface area (Å²) in [6, 6.07) is 12.2. The van der Waals surface area contributed by atoms with E-state index in [-0.39, 0.29) is 5.91 Å². The summed E-state index contributed by atoms with van der Waals surface area (Å²) in [5.41, 5.74) is 9.14. The number of hydrogen-bond acceptors (Lipinski definition) is 6. The summed E-state index contributed by atoms with van der Waals surface area (Å²) < 4.78 is 16.3. The first-order valence-corrected chi connectivity index (χ1v) is 9.69. The van der Waals surface area contributed by atoms with Crippen molar-refractivity contribution in [2.75, 3.05) is 26.6 Å². The van der Waals surface area contributed by atoms with Gasteiger partial charge in [-0.05, 0) is 47.5 Å². The van der Waals surface area contributed by atoms with Crippen molar-refractivity contribution in [3.05, 3.63) is 65.4 Å². The molecule has 0 unspecified atom stereocenters. The van der Waals surface area contributed by atoms with Crippen LogP contribution in [0.25, 0.3) is 22.8 Å². The zero-order valence-corrected chi connectivity index (χ0v) is 17.8. The Balaban J connectivity index is 1.77. The Labute approximate surface area is 184 Å². The van der Waals surface area contributed by atoms with Gasteiger partial charge < -0.3 is 25.3 Å². The fraction of sp³-hybridized carbons (Fsp3) is 0.125. The van der Waals surface area contributed by atoms with Gasteiger partial charge in [0.1, 0.15) is 5.82 Å². The Hall–Kier alpha value is -4.33. The molecule has 0 fully saturated rings. The number of hydrogen-bond donors (Lipinski definition) is 2. The fourth-order valence-electron chi connectivity index (χ4n) is 3.53. The van der Waals surface area contributed by atoms with E-state index in [1.54, 1.807) is 57.9 Å². The van der Waals surface area contributed by atoms with Gasteiger partial charge in [-0.25, -0.2) is 4.98 Å². The van der Waals surface area contributed by atoms with E-state index in [4.69, 9.17) is 19.9 Å². The average Bonchev–Trinajstić information content (AvgIpc) is 3.12. The SMILES string of the molecule is COc1cc(-c2cnc3c(c2)/C(=C/c2ccc(C(N)=O)cc2)C(=O)N3)cc(OC)c1OC. The number of nitrogens with one attached hydrogen (secondary N) is 1. The number of anilines is 1. The van der Waals surface area contributed by atoms with Gasteiger partial charge in [-0.2, -0.15) is 0 Å². The van der Waals surface area contributed by atoms with E-state index in [0.29, 0.717) is 39.8 Å². The number of ether oxygens (including phenoxy) is 3. The molecule has 2 amide bonds. The lowest BCUT2D eigenvalue weighted by Crippen LogP contribution is -2.10. The number of carbonyl (C=O) groups is 2. The van der Waals surface area contributed by atoms with E-state index >= 15 is 0 Å². The molecule has 0 saturated heterocycles. The Kier molecular flexibility index (Phi) is 5.51. The van der Waals surface area contributed by atoms with Gasteiger partial charge in [0.05, 0.1) is 26.9 Å². The first kappa shape index (κ1) is 20.9. The Morgan fingerprint density at radius 1 is 0.969 bits per heavy atom. The molecule has 0 aliphatic carbocycles. The van der Waals surface area contributed by atoms with Crippen molar-refractivity contribution in [3.63, 3.8) is 0 Å². The molecule has 0 atom stereocenters. The van der Waals surface area contributed by atoms with Crippen LogP contribution in [-0.2, 0) is 4.79 Å². The van der Waals surface area contributed by atoms with Crippen molar-refractivity contribution < 1.29 is 23.8 Å².